The van der Waals surface area contributed by atoms with Crippen LogP contribution in [0.2, 0.25) is 0 Å². The molecule has 0 amide bonds. The monoisotopic (exact) mass is 219 g/mol. The summed E-state index contributed by atoms with van der Waals surface area (Å²) in [6.45, 7) is 0. The smallest absolute Gasteiger partial charge is 0.145 e. The molecule has 5 heteroatoms. The predicted octanol–water partition coefficient (Wildman–Crippen LogP) is 1.68. The van der Waals surface area contributed by atoms with Gasteiger partial charge in [0.15, 0.2) is 0 Å². The van der Waals surface area contributed by atoms with Crippen LogP contribution in [0, 0.1) is 0 Å². The highest BCUT2D eigenvalue weighted by molar-refractivity contribution is 5.70. The molecule has 0 unspecified atom stereocenters. The SMILES string of the molecule is COc1ccc(-c2cc(N)n[nH]2)c(OC)c1. The Morgan fingerprint density at radius 2 is 2.00 bits per heavy atom. The molecule has 0 saturated heterocycles. The maximum absolute atomic E-state index is 5.56. The molecule has 0 spiro atoms. The first kappa shape index (κ1) is 10.4. The Morgan fingerprint density at radius 1 is 1.19 bits per heavy atom. The molecule has 84 valence electrons. The van der Waals surface area contributed by atoms with Gasteiger partial charge >= 0.3 is 0 Å². The quantitative estimate of drug-likeness (QED) is 0.823. The molecule has 1 heterocycles. The second kappa shape index (κ2) is 4.14. The third-order valence-electron chi connectivity index (χ3n) is 2.30. The third kappa shape index (κ3) is 1.79. The summed E-state index contributed by atoms with van der Waals surface area (Å²) in [6.07, 6.45) is 0. The number of hydrogen-bond acceptors (Lipinski definition) is 4. The van der Waals surface area contributed by atoms with E-state index in [4.69, 9.17) is 15.2 Å². The van der Waals surface area contributed by atoms with Crippen LogP contribution in [-0.4, -0.2) is 24.4 Å². The lowest BCUT2D eigenvalue weighted by Crippen LogP contribution is -1.90. The molecule has 1 aromatic heterocycles. The molecule has 0 aliphatic carbocycles. The van der Waals surface area contributed by atoms with E-state index in [2.05, 4.69) is 10.2 Å². The summed E-state index contributed by atoms with van der Waals surface area (Å²) in [6, 6.07) is 7.32. The number of nitrogens with one attached hydrogen (secondary N) is 1. The number of rotatable bonds is 3. The van der Waals surface area contributed by atoms with Crippen LogP contribution in [-0.2, 0) is 0 Å². The van der Waals surface area contributed by atoms with Crippen molar-refractivity contribution in [2.75, 3.05) is 20.0 Å². The van der Waals surface area contributed by atoms with Crippen molar-refractivity contribution in [3.63, 3.8) is 0 Å². The van der Waals surface area contributed by atoms with Crippen LogP contribution >= 0.6 is 0 Å². The maximum atomic E-state index is 5.56. The third-order valence-corrected chi connectivity index (χ3v) is 2.30. The first-order valence-corrected chi connectivity index (χ1v) is 4.78. The summed E-state index contributed by atoms with van der Waals surface area (Å²) in [4.78, 5) is 0. The van der Waals surface area contributed by atoms with Crippen LogP contribution in [0.5, 0.6) is 11.5 Å². The molecule has 0 aliphatic rings. The number of anilines is 1. The average Bonchev–Trinajstić information content (AvgIpc) is 2.74. The van der Waals surface area contributed by atoms with Crippen LogP contribution in [0.3, 0.4) is 0 Å². The fourth-order valence-electron chi connectivity index (χ4n) is 1.50. The van der Waals surface area contributed by atoms with Crippen LogP contribution in [0.15, 0.2) is 24.3 Å². The summed E-state index contributed by atoms with van der Waals surface area (Å²) in [5.74, 6) is 1.91. The summed E-state index contributed by atoms with van der Waals surface area (Å²) in [7, 11) is 3.22. The molecule has 0 radical (unpaired) electrons. The van der Waals surface area contributed by atoms with Gasteiger partial charge in [0.05, 0.1) is 19.9 Å². The van der Waals surface area contributed by atoms with E-state index in [0.29, 0.717) is 11.6 Å². The number of nitrogen functional groups attached to an aromatic ring is 1. The van der Waals surface area contributed by atoms with Crippen molar-refractivity contribution in [3.8, 4) is 22.8 Å². The molecule has 0 fully saturated rings. The Hall–Kier alpha value is -2.17. The number of methoxy groups -OCH3 is 2. The second-order valence-corrected chi connectivity index (χ2v) is 3.27. The number of ether oxygens (including phenoxy) is 2. The van der Waals surface area contributed by atoms with Crippen molar-refractivity contribution in [1.29, 1.82) is 0 Å². The molecule has 3 N–H and O–H groups in total. The van der Waals surface area contributed by atoms with Gasteiger partial charge < -0.3 is 15.2 Å². The molecule has 2 aromatic rings. The summed E-state index contributed by atoms with van der Waals surface area (Å²) >= 11 is 0. The number of aromatic nitrogens is 2. The van der Waals surface area contributed by atoms with E-state index < -0.39 is 0 Å². The molecule has 0 aliphatic heterocycles. The topological polar surface area (TPSA) is 73.2 Å². The van der Waals surface area contributed by atoms with Gasteiger partial charge in [-0.05, 0) is 12.1 Å². The van der Waals surface area contributed by atoms with Crippen molar-refractivity contribution in [2.45, 2.75) is 0 Å². The molecule has 16 heavy (non-hydrogen) atoms. The van der Waals surface area contributed by atoms with Gasteiger partial charge in [-0.3, -0.25) is 5.10 Å². The Kier molecular flexibility index (Phi) is 2.68. The summed E-state index contributed by atoms with van der Waals surface area (Å²) in [5, 5.41) is 6.72. The average molecular weight is 219 g/mol. The number of H-pyrrole nitrogens is 1. The van der Waals surface area contributed by atoms with E-state index >= 15 is 0 Å². The predicted molar refractivity (Wildman–Crippen MR) is 61.5 cm³/mol. The van der Waals surface area contributed by atoms with E-state index in [-0.39, 0.29) is 0 Å². The largest absolute Gasteiger partial charge is 0.497 e. The van der Waals surface area contributed by atoms with Crippen molar-refractivity contribution in [2.24, 2.45) is 0 Å². The minimum Gasteiger partial charge on any atom is -0.497 e. The lowest BCUT2D eigenvalue weighted by molar-refractivity contribution is 0.395. The van der Waals surface area contributed by atoms with Crippen LogP contribution in [0.1, 0.15) is 0 Å². The first-order valence-electron chi connectivity index (χ1n) is 4.78. The number of hydrogen-bond donors (Lipinski definition) is 2. The molecule has 0 atom stereocenters. The van der Waals surface area contributed by atoms with Gasteiger partial charge in [0, 0.05) is 17.7 Å². The fraction of sp³-hybridized carbons (Fsp3) is 0.182. The van der Waals surface area contributed by atoms with Gasteiger partial charge in [0.1, 0.15) is 17.3 Å². The van der Waals surface area contributed by atoms with Crippen molar-refractivity contribution in [1.82, 2.24) is 10.2 Å². The van der Waals surface area contributed by atoms with Crippen molar-refractivity contribution in [3.05, 3.63) is 24.3 Å². The maximum Gasteiger partial charge on any atom is 0.145 e. The number of nitrogens with two attached hydrogens (primary N) is 1. The molecular formula is C11H13N3O2. The highest BCUT2D eigenvalue weighted by atomic mass is 16.5. The standard InChI is InChI=1S/C11H13N3O2/c1-15-7-3-4-8(10(5-7)16-2)9-6-11(12)14-13-9/h3-6H,1-2H3,(H3,12,13,14). The Balaban J connectivity index is 2.48. The fourth-order valence-corrected chi connectivity index (χ4v) is 1.50. The Morgan fingerprint density at radius 3 is 2.56 bits per heavy atom. The molecule has 0 saturated carbocycles. The van der Waals surface area contributed by atoms with Crippen molar-refractivity contribution >= 4 is 5.82 Å². The van der Waals surface area contributed by atoms with Crippen LogP contribution in [0.4, 0.5) is 5.82 Å². The highest BCUT2D eigenvalue weighted by Crippen LogP contribution is 2.32. The van der Waals surface area contributed by atoms with Gasteiger partial charge in [-0.1, -0.05) is 0 Å². The number of aromatic amines is 1. The number of benzene rings is 1. The Labute approximate surface area is 93.2 Å². The lowest BCUT2D eigenvalue weighted by atomic mass is 10.1. The molecule has 5 nitrogen and oxygen atoms in total. The van der Waals surface area contributed by atoms with Gasteiger partial charge in [0.2, 0.25) is 0 Å². The zero-order valence-corrected chi connectivity index (χ0v) is 9.15. The van der Waals surface area contributed by atoms with E-state index in [9.17, 15) is 0 Å². The zero-order chi connectivity index (χ0) is 11.5. The van der Waals surface area contributed by atoms with E-state index in [1.165, 1.54) is 0 Å². The second-order valence-electron chi connectivity index (χ2n) is 3.27. The van der Waals surface area contributed by atoms with Gasteiger partial charge in [-0.15, -0.1) is 0 Å². The van der Waals surface area contributed by atoms with Gasteiger partial charge in [-0.2, -0.15) is 5.10 Å². The van der Waals surface area contributed by atoms with E-state index in [1.807, 2.05) is 18.2 Å². The first-order chi connectivity index (χ1) is 7.74. The van der Waals surface area contributed by atoms with Crippen LogP contribution in [0.25, 0.3) is 11.3 Å². The van der Waals surface area contributed by atoms with Crippen molar-refractivity contribution < 1.29 is 9.47 Å². The van der Waals surface area contributed by atoms with E-state index in [0.717, 1.165) is 17.0 Å². The lowest BCUT2D eigenvalue weighted by Gasteiger charge is -2.08. The minimum atomic E-state index is 0.452. The van der Waals surface area contributed by atoms with Gasteiger partial charge in [0.25, 0.3) is 0 Å². The van der Waals surface area contributed by atoms with Gasteiger partial charge in [-0.25, -0.2) is 0 Å². The molecule has 1 aromatic carbocycles. The summed E-state index contributed by atoms with van der Waals surface area (Å²) < 4.78 is 10.4. The normalized spacial score (nSPS) is 10.1. The highest BCUT2D eigenvalue weighted by Gasteiger charge is 2.09. The molecular weight excluding hydrogens is 206 g/mol. The minimum absolute atomic E-state index is 0.452. The van der Waals surface area contributed by atoms with Crippen LogP contribution < -0.4 is 15.2 Å². The summed E-state index contributed by atoms with van der Waals surface area (Å²) in [5.41, 5.74) is 7.27. The molecule has 2 rings (SSSR count). The van der Waals surface area contributed by atoms with E-state index in [1.54, 1.807) is 20.3 Å². The number of nitrogens with zero attached hydrogens (tertiary/aromatic N) is 1. The Bertz CT molecular complexity index is 494. The molecule has 0 bridgehead atoms. The zero-order valence-electron chi connectivity index (χ0n) is 9.15.